The van der Waals surface area contributed by atoms with E-state index in [1.807, 2.05) is 0 Å². The lowest BCUT2D eigenvalue weighted by Gasteiger charge is -2.19. The van der Waals surface area contributed by atoms with Gasteiger partial charge in [-0.25, -0.2) is 0 Å². The van der Waals surface area contributed by atoms with Crippen LogP contribution in [0.3, 0.4) is 0 Å². The van der Waals surface area contributed by atoms with Gasteiger partial charge in [-0.15, -0.1) is 0 Å². The summed E-state index contributed by atoms with van der Waals surface area (Å²) in [6.07, 6.45) is 50.5. The van der Waals surface area contributed by atoms with E-state index in [2.05, 4.69) is 20.8 Å². The van der Waals surface area contributed by atoms with Crippen molar-refractivity contribution in [2.45, 2.75) is 252 Å². The zero-order chi connectivity index (χ0) is 32.8. The Morgan fingerprint density at radius 1 is 0.289 bits per heavy atom. The quantitative estimate of drug-likeness (QED) is 0.0485. The molecule has 0 radical (unpaired) electrons. The molecule has 45 heavy (non-hydrogen) atoms. The van der Waals surface area contributed by atoms with Crippen molar-refractivity contribution < 1.29 is 9.09 Å². The Labute approximate surface area is 286 Å². The highest BCUT2D eigenvalue weighted by molar-refractivity contribution is 7.58. The molecule has 0 rings (SSSR count). The summed E-state index contributed by atoms with van der Waals surface area (Å²) < 4.78 is 20.1. The van der Waals surface area contributed by atoms with Gasteiger partial charge in [0.05, 0.1) is 6.61 Å². The van der Waals surface area contributed by atoms with Gasteiger partial charge in [-0.2, -0.15) is 0 Å². The van der Waals surface area contributed by atoms with Crippen molar-refractivity contribution in [2.75, 3.05) is 18.9 Å². The predicted octanol–water partition coefficient (Wildman–Crippen LogP) is 16.4. The van der Waals surface area contributed by atoms with Crippen LogP contribution in [0.2, 0.25) is 0 Å². The third-order valence-electron chi connectivity index (χ3n) is 10.0. The van der Waals surface area contributed by atoms with Crippen molar-refractivity contribution in [1.29, 1.82) is 0 Å². The number of rotatable bonds is 40. The van der Waals surface area contributed by atoms with E-state index in [4.69, 9.17) is 4.52 Å². The van der Waals surface area contributed by atoms with Crippen LogP contribution in [0.1, 0.15) is 252 Å². The van der Waals surface area contributed by atoms with Crippen LogP contribution in [0.15, 0.2) is 0 Å². The van der Waals surface area contributed by atoms with Crippen molar-refractivity contribution in [1.82, 2.24) is 0 Å². The van der Waals surface area contributed by atoms with Crippen LogP contribution in [0.5, 0.6) is 0 Å². The van der Waals surface area contributed by atoms with E-state index in [0.717, 1.165) is 38.2 Å². The summed E-state index contributed by atoms with van der Waals surface area (Å²) in [6, 6.07) is 0. The Morgan fingerprint density at radius 3 is 0.733 bits per heavy atom. The van der Waals surface area contributed by atoms with Gasteiger partial charge in [-0.1, -0.05) is 233 Å². The maximum Gasteiger partial charge on any atom is 0.203 e. The van der Waals surface area contributed by atoms with E-state index in [0.29, 0.717) is 0 Å². The molecule has 2 nitrogen and oxygen atoms in total. The molecule has 0 saturated carbocycles. The zero-order valence-electron chi connectivity index (χ0n) is 31.8. The van der Waals surface area contributed by atoms with Gasteiger partial charge in [0.25, 0.3) is 0 Å². The smallest absolute Gasteiger partial charge is 0.203 e. The molecule has 0 aromatic heterocycles. The van der Waals surface area contributed by atoms with Crippen LogP contribution in [-0.4, -0.2) is 18.9 Å². The maximum absolute atomic E-state index is 13.9. The Morgan fingerprint density at radius 2 is 0.489 bits per heavy atom. The molecule has 0 aliphatic heterocycles. The molecule has 272 valence electrons. The molecule has 0 heterocycles. The fourth-order valence-electron chi connectivity index (χ4n) is 6.80. The average molecular weight is 655 g/mol. The van der Waals surface area contributed by atoms with Crippen molar-refractivity contribution in [3.05, 3.63) is 0 Å². The standard InChI is InChI=1S/C42H87O2P/c1-4-7-10-13-16-19-22-25-28-31-34-37-40-44-45(43,41-38-35-32-29-26-23-20-17-14-11-8-5-2)42-39-36-33-30-27-24-21-18-15-12-9-6-3/h4-42H2,1-3H3. The summed E-state index contributed by atoms with van der Waals surface area (Å²) in [5.41, 5.74) is 0. The van der Waals surface area contributed by atoms with Crippen LogP contribution in [-0.2, 0) is 9.09 Å². The van der Waals surface area contributed by atoms with Gasteiger partial charge in [0.1, 0.15) is 0 Å². The predicted molar refractivity (Wildman–Crippen MR) is 207 cm³/mol. The van der Waals surface area contributed by atoms with Crippen molar-refractivity contribution >= 4 is 7.37 Å². The Kier molecular flexibility index (Phi) is 38.8. The summed E-state index contributed by atoms with van der Waals surface area (Å²) in [5, 5.41) is 0. The molecule has 0 aliphatic rings. The van der Waals surface area contributed by atoms with Gasteiger partial charge in [0, 0.05) is 12.3 Å². The average Bonchev–Trinajstić information content (AvgIpc) is 3.04. The van der Waals surface area contributed by atoms with Gasteiger partial charge >= 0.3 is 0 Å². The van der Waals surface area contributed by atoms with Crippen LogP contribution in [0, 0.1) is 0 Å². The third-order valence-corrected chi connectivity index (χ3v) is 12.7. The number of hydrogen-bond acceptors (Lipinski definition) is 2. The SMILES string of the molecule is CCCCCCCCCCCCCCOP(=O)(CCCCCCCCCCCCCC)CCCCCCCCCCCCCC. The van der Waals surface area contributed by atoms with Crippen LogP contribution in [0.4, 0.5) is 0 Å². The van der Waals surface area contributed by atoms with Crippen LogP contribution in [0.25, 0.3) is 0 Å². The minimum Gasteiger partial charge on any atom is -0.328 e. The Bertz CT molecular complexity index is 545. The zero-order valence-corrected chi connectivity index (χ0v) is 32.7. The third kappa shape index (κ3) is 36.9. The highest BCUT2D eigenvalue weighted by Gasteiger charge is 2.22. The van der Waals surface area contributed by atoms with Crippen molar-refractivity contribution in [2.24, 2.45) is 0 Å². The van der Waals surface area contributed by atoms with Crippen molar-refractivity contribution in [3.8, 4) is 0 Å². The maximum atomic E-state index is 13.9. The number of hydrogen-bond donors (Lipinski definition) is 0. The molecule has 0 amide bonds. The second-order valence-electron chi connectivity index (χ2n) is 14.8. The molecule has 0 N–H and O–H groups in total. The first kappa shape index (κ1) is 45.2. The van der Waals surface area contributed by atoms with Gasteiger partial charge < -0.3 is 4.52 Å². The molecule has 3 heteroatoms. The lowest BCUT2D eigenvalue weighted by atomic mass is 10.1. The van der Waals surface area contributed by atoms with Gasteiger partial charge in [-0.3, -0.25) is 4.57 Å². The summed E-state index contributed by atoms with van der Waals surface area (Å²) >= 11 is 0. The summed E-state index contributed by atoms with van der Waals surface area (Å²) in [7, 11) is -2.46. The molecule has 0 aromatic carbocycles. The first-order valence-electron chi connectivity index (χ1n) is 21.4. The largest absolute Gasteiger partial charge is 0.328 e. The van der Waals surface area contributed by atoms with E-state index in [-0.39, 0.29) is 0 Å². The molecular formula is C42H87O2P. The Balaban J connectivity index is 4.07. The van der Waals surface area contributed by atoms with Gasteiger partial charge in [0.2, 0.25) is 7.37 Å². The lowest BCUT2D eigenvalue weighted by molar-refractivity contribution is 0.299. The molecule has 0 aliphatic carbocycles. The lowest BCUT2D eigenvalue weighted by Crippen LogP contribution is -2.03. The second kappa shape index (κ2) is 38.6. The molecule has 0 aromatic rings. The van der Waals surface area contributed by atoms with E-state index < -0.39 is 7.37 Å². The normalized spacial score (nSPS) is 12.0. The molecule has 0 bridgehead atoms. The Hall–Kier alpha value is 0.190. The van der Waals surface area contributed by atoms with E-state index in [1.54, 1.807) is 0 Å². The minimum absolute atomic E-state index is 0.727. The summed E-state index contributed by atoms with van der Waals surface area (Å²) in [4.78, 5) is 0. The molecule has 0 saturated heterocycles. The topological polar surface area (TPSA) is 26.3 Å². The molecule has 0 fully saturated rings. The fourth-order valence-corrected chi connectivity index (χ4v) is 9.16. The first-order valence-corrected chi connectivity index (χ1v) is 23.4. The molecule has 0 atom stereocenters. The highest BCUT2D eigenvalue weighted by atomic mass is 31.2. The first-order chi connectivity index (χ1) is 22.2. The minimum atomic E-state index is -2.46. The van der Waals surface area contributed by atoms with Crippen molar-refractivity contribution in [3.63, 3.8) is 0 Å². The summed E-state index contributed by atoms with van der Waals surface area (Å²) in [6.45, 7) is 7.61. The van der Waals surface area contributed by atoms with Crippen LogP contribution >= 0.6 is 7.37 Å². The molecule has 0 unspecified atom stereocenters. The fraction of sp³-hybridized carbons (Fsp3) is 1.00. The molecular weight excluding hydrogens is 567 g/mol. The highest BCUT2D eigenvalue weighted by Crippen LogP contribution is 2.49. The van der Waals surface area contributed by atoms with E-state index >= 15 is 0 Å². The summed E-state index contributed by atoms with van der Waals surface area (Å²) in [5.74, 6) is 0. The number of unbranched alkanes of at least 4 members (excludes halogenated alkanes) is 33. The van der Waals surface area contributed by atoms with E-state index in [1.165, 1.54) is 212 Å². The van der Waals surface area contributed by atoms with E-state index in [9.17, 15) is 4.57 Å². The van der Waals surface area contributed by atoms with Gasteiger partial charge in [-0.05, 0) is 19.3 Å². The monoisotopic (exact) mass is 655 g/mol. The van der Waals surface area contributed by atoms with Crippen LogP contribution < -0.4 is 0 Å². The van der Waals surface area contributed by atoms with Gasteiger partial charge in [0.15, 0.2) is 0 Å². The second-order valence-corrected chi connectivity index (χ2v) is 17.5. The molecule has 0 spiro atoms.